The summed E-state index contributed by atoms with van der Waals surface area (Å²) in [5.74, 6) is -1.42. The van der Waals surface area contributed by atoms with E-state index in [4.69, 9.17) is 32.4 Å². The highest BCUT2D eigenvalue weighted by molar-refractivity contribution is 7.54. The first-order valence-corrected chi connectivity index (χ1v) is 15.8. The van der Waals surface area contributed by atoms with Gasteiger partial charge in [-0.15, -0.1) is 0 Å². The molecule has 0 spiro atoms. The van der Waals surface area contributed by atoms with Crippen LogP contribution in [0.25, 0.3) is 0 Å². The largest absolute Gasteiger partial charge is 0.455 e. The fourth-order valence-corrected chi connectivity index (χ4v) is 5.96. The summed E-state index contributed by atoms with van der Waals surface area (Å²) in [4.78, 5) is 24.7. The van der Waals surface area contributed by atoms with E-state index in [1.165, 1.54) is 14.0 Å². The molecular weight excluding hydrogens is 471 g/mol. The minimum atomic E-state index is -3.69. The molecule has 0 aromatic heterocycles. The molecule has 1 rings (SSSR count). The second-order valence-electron chi connectivity index (χ2n) is 9.42. The third-order valence-corrected chi connectivity index (χ3v) is 12.2. The van der Waals surface area contributed by atoms with Crippen molar-refractivity contribution in [1.82, 2.24) is 0 Å². The van der Waals surface area contributed by atoms with E-state index in [2.05, 4.69) is 33.9 Å². The summed E-state index contributed by atoms with van der Waals surface area (Å²) in [5.41, 5.74) is 0. The molecule has 33 heavy (non-hydrogen) atoms. The molecule has 1 aliphatic heterocycles. The van der Waals surface area contributed by atoms with Gasteiger partial charge in [0.25, 0.3) is 0 Å². The first-order chi connectivity index (χ1) is 15.1. The van der Waals surface area contributed by atoms with Crippen molar-refractivity contribution < 1.29 is 46.6 Å². The fourth-order valence-electron chi connectivity index (χ4n) is 3.16. The van der Waals surface area contributed by atoms with Gasteiger partial charge in [-0.05, 0) is 38.9 Å². The molecule has 0 N–H and O–H groups in total. The number of carbonyl (C=O) groups excluding carboxylic acids is 2. The molecule has 1 saturated heterocycles. The van der Waals surface area contributed by atoms with E-state index in [9.17, 15) is 14.2 Å². The minimum absolute atomic E-state index is 0.109. The molecule has 0 aromatic carbocycles. The second kappa shape index (κ2) is 12.2. The maximum absolute atomic E-state index is 12.9. The lowest BCUT2D eigenvalue weighted by Crippen LogP contribution is -2.63. The molecule has 0 aromatic rings. The highest BCUT2D eigenvalue weighted by Gasteiger charge is 2.53. The lowest BCUT2D eigenvalue weighted by atomic mass is 9.99. The Morgan fingerprint density at radius 2 is 1.55 bits per heavy atom. The van der Waals surface area contributed by atoms with E-state index >= 15 is 0 Å². The van der Waals surface area contributed by atoms with Gasteiger partial charge in [0.05, 0.1) is 19.3 Å². The standard InChI is InChI=1S/C21H41O10PSi/c1-11-26-32(24,27-12-2)13-16(23)30-18-17(31-33(9,10)21(5,6)7)14(3)28-20(25-8)19(18)29-15(4)22/h14,17-20H,11-13H2,1-10H3/t14-,17-,18-,19+,20+/m0/s1. The Kier molecular flexibility index (Phi) is 11.2. The van der Waals surface area contributed by atoms with Crippen molar-refractivity contribution >= 4 is 27.9 Å². The molecule has 0 unspecified atom stereocenters. The Morgan fingerprint density at radius 1 is 1.00 bits per heavy atom. The average Bonchev–Trinajstić information content (AvgIpc) is 2.65. The van der Waals surface area contributed by atoms with Crippen LogP contribution >= 0.6 is 7.60 Å². The van der Waals surface area contributed by atoms with Crippen molar-refractivity contribution in [3.63, 3.8) is 0 Å². The van der Waals surface area contributed by atoms with Crippen LogP contribution in [0.5, 0.6) is 0 Å². The van der Waals surface area contributed by atoms with Gasteiger partial charge in [0.15, 0.2) is 26.8 Å². The van der Waals surface area contributed by atoms with Gasteiger partial charge in [0.1, 0.15) is 12.3 Å². The van der Waals surface area contributed by atoms with Crippen molar-refractivity contribution in [2.24, 2.45) is 0 Å². The van der Waals surface area contributed by atoms with Crippen molar-refractivity contribution in [3.05, 3.63) is 0 Å². The van der Waals surface area contributed by atoms with Gasteiger partial charge in [0.2, 0.25) is 0 Å². The molecule has 0 radical (unpaired) electrons. The van der Waals surface area contributed by atoms with Crippen molar-refractivity contribution in [3.8, 4) is 0 Å². The number of rotatable bonds is 11. The number of hydrogen-bond donors (Lipinski definition) is 0. The van der Waals surface area contributed by atoms with Crippen molar-refractivity contribution in [2.75, 3.05) is 26.5 Å². The molecule has 0 amide bonds. The molecule has 5 atom stereocenters. The predicted octanol–water partition coefficient (Wildman–Crippen LogP) is 3.88. The summed E-state index contributed by atoms with van der Waals surface area (Å²) >= 11 is 0. The topological polar surface area (TPSA) is 116 Å². The van der Waals surface area contributed by atoms with Crippen LogP contribution in [0.3, 0.4) is 0 Å². The lowest BCUT2D eigenvalue weighted by molar-refractivity contribution is -0.290. The first-order valence-electron chi connectivity index (χ1n) is 11.2. The van der Waals surface area contributed by atoms with Crippen LogP contribution in [-0.4, -0.2) is 77.4 Å². The third-order valence-electron chi connectivity index (χ3n) is 5.74. The van der Waals surface area contributed by atoms with Crippen LogP contribution < -0.4 is 0 Å². The summed E-state index contributed by atoms with van der Waals surface area (Å²) in [5, 5.41) is -0.143. The van der Waals surface area contributed by atoms with Crippen molar-refractivity contribution in [2.45, 2.75) is 97.3 Å². The Morgan fingerprint density at radius 3 is 1.97 bits per heavy atom. The summed E-state index contributed by atoms with van der Waals surface area (Å²) in [7, 11) is -4.65. The Hall–Kier alpha value is -0.813. The summed E-state index contributed by atoms with van der Waals surface area (Å²) in [6.07, 6.45) is -4.99. The van der Waals surface area contributed by atoms with Gasteiger partial charge in [-0.2, -0.15) is 0 Å². The maximum Gasteiger partial charge on any atom is 0.341 e. The van der Waals surface area contributed by atoms with E-state index in [0.29, 0.717) is 0 Å². The molecule has 194 valence electrons. The molecule has 0 saturated carbocycles. The number of hydrogen-bond acceptors (Lipinski definition) is 10. The highest BCUT2D eigenvalue weighted by atomic mass is 31.2. The van der Waals surface area contributed by atoms with E-state index in [1.54, 1.807) is 20.8 Å². The first kappa shape index (κ1) is 30.2. The minimum Gasteiger partial charge on any atom is -0.455 e. The molecule has 1 heterocycles. The maximum atomic E-state index is 12.9. The monoisotopic (exact) mass is 512 g/mol. The summed E-state index contributed by atoms with van der Waals surface area (Å²) in [6, 6.07) is 0. The van der Waals surface area contributed by atoms with Gasteiger partial charge in [-0.25, -0.2) is 0 Å². The van der Waals surface area contributed by atoms with Crippen LogP contribution in [0.15, 0.2) is 0 Å². The quantitative estimate of drug-likeness (QED) is 0.229. The van der Waals surface area contributed by atoms with E-state index < -0.39 is 64.7 Å². The molecule has 1 aliphatic rings. The zero-order chi connectivity index (χ0) is 25.6. The zero-order valence-corrected chi connectivity index (χ0v) is 23.4. The van der Waals surface area contributed by atoms with E-state index in [0.717, 1.165) is 0 Å². The molecule has 0 aliphatic carbocycles. The molecular formula is C21H41O10PSi. The van der Waals surface area contributed by atoms with Gasteiger partial charge < -0.3 is 32.4 Å². The Balaban J connectivity index is 3.31. The zero-order valence-electron chi connectivity index (χ0n) is 21.5. The van der Waals surface area contributed by atoms with Crippen molar-refractivity contribution in [1.29, 1.82) is 0 Å². The van der Waals surface area contributed by atoms with Crippen LogP contribution in [0.1, 0.15) is 48.5 Å². The van der Waals surface area contributed by atoms with E-state index in [1.807, 2.05) is 0 Å². The lowest BCUT2D eigenvalue weighted by Gasteiger charge is -2.48. The number of methoxy groups -OCH3 is 1. The normalized spacial score (nSPS) is 26.7. The van der Waals surface area contributed by atoms with Gasteiger partial charge in [0, 0.05) is 14.0 Å². The number of ether oxygens (including phenoxy) is 4. The van der Waals surface area contributed by atoms with Gasteiger partial charge in [-0.1, -0.05) is 20.8 Å². The Bertz CT molecular complexity index is 698. The van der Waals surface area contributed by atoms with Crippen LogP contribution in [0, 0.1) is 0 Å². The van der Waals surface area contributed by atoms with Crippen LogP contribution in [0.2, 0.25) is 18.1 Å². The molecule has 12 heteroatoms. The van der Waals surface area contributed by atoms with Gasteiger partial charge in [-0.3, -0.25) is 14.2 Å². The van der Waals surface area contributed by atoms with Gasteiger partial charge >= 0.3 is 19.5 Å². The Labute approximate surface area is 198 Å². The second-order valence-corrected chi connectivity index (χ2v) is 16.2. The average molecular weight is 513 g/mol. The third kappa shape index (κ3) is 8.42. The highest BCUT2D eigenvalue weighted by Crippen LogP contribution is 2.48. The summed E-state index contributed by atoms with van der Waals surface area (Å²) < 4.78 is 52.3. The predicted molar refractivity (Wildman–Crippen MR) is 125 cm³/mol. The van der Waals surface area contributed by atoms with E-state index in [-0.39, 0.29) is 18.3 Å². The molecule has 0 bridgehead atoms. The smallest absolute Gasteiger partial charge is 0.341 e. The van der Waals surface area contributed by atoms with Crippen LogP contribution in [-0.2, 0) is 46.6 Å². The van der Waals surface area contributed by atoms with Crippen LogP contribution in [0.4, 0.5) is 0 Å². The molecule has 1 fully saturated rings. The fraction of sp³-hybridized carbons (Fsp3) is 0.905. The SMILES string of the molecule is CCOP(=O)(CC(=O)O[C@H]1[C@@H](O[Si](C)(C)C(C)(C)C)[C@H](C)O[C@@H](OC)[C@@H]1OC(C)=O)OCC. The number of carbonyl (C=O) groups is 2. The molecule has 10 nitrogen and oxygen atoms in total. The summed E-state index contributed by atoms with van der Waals surface area (Å²) in [6.45, 7) is 16.9. The number of esters is 2.